The van der Waals surface area contributed by atoms with Crippen molar-refractivity contribution in [3.63, 3.8) is 0 Å². The third-order valence-electron chi connectivity index (χ3n) is 4.18. The van der Waals surface area contributed by atoms with E-state index < -0.39 is 5.82 Å². The molecule has 1 amide bonds. The van der Waals surface area contributed by atoms with Gasteiger partial charge in [-0.15, -0.1) is 0 Å². The monoisotopic (exact) mass is 376 g/mol. The predicted octanol–water partition coefficient (Wildman–Crippen LogP) is 4.37. The fraction of sp³-hybridized carbons (Fsp3) is 0.278. The van der Waals surface area contributed by atoms with Gasteiger partial charge in [-0.25, -0.2) is 4.39 Å². The molecule has 0 spiro atoms. The number of anilines is 2. The van der Waals surface area contributed by atoms with Crippen LogP contribution in [0.5, 0.6) is 0 Å². The first kappa shape index (κ1) is 16.0. The fourth-order valence-electron chi connectivity index (χ4n) is 2.93. The van der Waals surface area contributed by atoms with E-state index in [1.54, 1.807) is 12.1 Å². The van der Waals surface area contributed by atoms with Crippen LogP contribution in [0.15, 0.2) is 46.9 Å². The van der Waals surface area contributed by atoms with Crippen LogP contribution in [0.4, 0.5) is 15.8 Å². The Morgan fingerprint density at radius 2 is 2.09 bits per heavy atom. The number of hydrogen-bond acceptors (Lipinski definition) is 2. The minimum absolute atomic E-state index is 0.204. The molecule has 3 nitrogen and oxygen atoms in total. The number of nitrogens with zero attached hydrogens (tertiary/aromatic N) is 1. The molecular weight excluding hydrogens is 359 g/mol. The van der Waals surface area contributed by atoms with Crippen LogP contribution in [-0.4, -0.2) is 18.5 Å². The molecule has 0 radical (unpaired) electrons. The normalized spacial score (nSPS) is 15.0. The van der Waals surface area contributed by atoms with Crippen LogP contribution in [0.2, 0.25) is 0 Å². The summed E-state index contributed by atoms with van der Waals surface area (Å²) in [5.74, 6) is -0.651. The van der Waals surface area contributed by atoms with Gasteiger partial charge in [-0.3, -0.25) is 4.79 Å². The number of halogens is 2. The smallest absolute Gasteiger partial charge is 0.246 e. The Bertz CT molecular complexity index is 735. The van der Waals surface area contributed by atoms with Crippen molar-refractivity contribution in [2.24, 2.45) is 0 Å². The summed E-state index contributed by atoms with van der Waals surface area (Å²) in [4.78, 5) is 14.6. The number of hydrogen-bond donors (Lipinski definition) is 1. The molecule has 1 heterocycles. The number of aryl methyl sites for hydroxylation is 1. The Balaban J connectivity index is 1.78. The minimum atomic E-state index is -0.445. The molecule has 23 heavy (non-hydrogen) atoms. The van der Waals surface area contributed by atoms with E-state index in [0.717, 1.165) is 25.1 Å². The van der Waals surface area contributed by atoms with Crippen LogP contribution in [-0.2, 0) is 11.2 Å². The number of nitrogens with one attached hydrogen (secondary N) is 1. The molecule has 2 aromatic carbocycles. The van der Waals surface area contributed by atoms with Crippen molar-refractivity contribution < 1.29 is 9.18 Å². The lowest BCUT2D eigenvalue weighted by atomic mass is 10.00. The number of carbonyl (C=O) groups excluding carboxylic acids is 1. The highest BCUT2D eigenvalue weighted by Crippen LogP contribution is 2.29. The average molecular weight is 377 g/mol. The highest BCUT2D eigenvalue weighted by atomic mass is 79.9. The second kappa shape index (κ2) is 6.71. The van der Waals surface area contributed by atoms with Gasteiger partial charge in [0.1, 0.15) is 11.9 Å². The maximum atomic E-state index is 13.9. The average Bonchev–Trinajstić information content (AvgIpc) is 2.56. The zero-order chi connectivity index (χ0) is 16.4. The number of rotatable bonds is 3. The van der Waals surface area contributed by atoms with Crippen LogP contribution < -0.4 is 10.2 Å². The Kier molecular flexibility index (Phi) is 4.66. The molecular formula is C18H18BrFN2O. The molecule has 1 aliphatic rings. The van der Waals surface area contributed by atoms with Gasteiger partial charge in [0.05, 0.1) is 5.69 Å². The maximum Gasteiger partial charge on any atom is 0.246 e. The molecule has 0 bridgehead atoms. The van der Waals surface area contributed by atoms with E-state index in [1.165, 1.54) is 11.6 Å². The molecule has 1 unspecified atom stereocenters. The Labute approximate surface area is 143 Å². The van der Waals surface area contributed by atoms with E-state index in [-0.39, 0.29) is 17.6 Å². The molecule has 120 valence electrons. The third-order valence-corrected chi connectivity index (χ3v) is 4.68. The van der Waals surface area contributed by atoms with Crippen LogP contribution in [0.1, 0.15) is 18.9 Å². The summed E-state index contributed by atoms with van der Waals surface area (Å²) in [5, 5.41) is 2.69. The molecule has 0 aliphatic carbocycles. The van der Waals surface area contributed by atoms with Crippen molar-refractivity contribution in [2.45, 2.75) is 25.8 Å². The first-order valence-corrected chi connectivity index (χ1v) is 8.46. The van der Waals surface area contributed by atoms with Crippen molar-refractivity contribution in [1.29, 1.82) is 0 Å². The van der Waals surface area contributed by atoms with E-state index >= 15 is 0 Å². The van der Waals surface area contributed by atoms with Crippen LogP contribution >= 0.6 is 15.9 Å². The zero-order valence-corrected chi connectivity index (χ0v) is 14.4. The second-order valence-corrected chi connectivity index (χ2v) is 6.63. The quantitative estimate of drug-likeness (QED) is 0.862. The number of carbonyl (C=O) groups is 1. The lowest BCUT2D eigenvalue weighted by Crippen LogP contribution is -2.44. The molecule has 0 saturated heterocycles. The van der Waals surface area contributed by atoms with E-state index in [0.29, 0.717) is 4.47 Å². The van der Waals surface area contributed by atoms with E-state index in [9.17, 15) is 9.18 Å². The number of para-hydroxylation sites is 1. The first-order chi connectivity index (χ1) is 11.1. The number of amides is 1. The fourth-order valence-corrected chi connectivity index (χ4v) is 3.27. The first-order valence-electron chi connectivity index (χ1n) is 7.67. The zero-order valence-electron chi connectivity index (χ0n) is 12.9. The third kappa shape index (κ3) is 3.39. The van der Waals surface area contributed by atoms with Crippen LogP contribution in [0.3, 0.4) is 0 Å². The number of fused-ring (bicyclic) bond motifs is 1. The van der Waals surface area contributed by atoms with Gasteiger partial charge >= 0.3 is 0 Å². The molecule has 5 heteroatoms. The maximum absolute atomic E-state index is 13.9. The van der Waals surface area contributed by atoms with Crippen molar-refractivity contribution in [1.82, 2.24) is 0 Å². The Hall–Kier alpha value is -1.88. The molecule has 0 fully saturated rings. The SMILES string of the molecule is CC(C(=O)Nc1ccc(Br)cc1F)N1CCCc2ccccc21. The van der Waals surface area contributed by atoms with Crippen molar-refractivity contribution in [2.75, 3.05) is 16.8 Å². The molecule has 3 rings (SSSR count). The van der Waals surface area contributed by atoms with Gasteiger partial charge < -0.3 is 10.2 Å². The molecule has 0 saturated carbocycles. The van der Waals surface area contributed by atoms with Gasteiger partial charge in [0.15, 0.2) is 0 Å². The highest BCUT2D eigenvalue weighted by Gasteiger charge is 2.26. The highest BCUT2D eigenvalue weighted by molar-refractivity contribution is 9.10. The van der Waals surface area contributed by atoms with Crippen molar-refractivity contribution in [3.05, 3.63) is 58.3 Å². The summed E-state index contributed by atoms with van der Waals surface area (Å²) < 4.78 is 14.5. The van der Waals surface area contributed by atoms with E-state index in [4.69, 9.17) is 0 Å². The topological polar surface area (TPSA) is 32.3 Å². The summed E-state index contributed by atoms with van der Waals surface area (Å²) >= 11 is 3.21. The number of benzene rings is 2. The Morgan fingerprint density at radius 1 is 1.30 bits per heavy atom. The minimum Gasteiger partial charge on any atom is -0.360 e. The van der Waals surface area contributed by atoms with Crippen LogP contribution in [0.25, 0.3) is 0 Å². The van der Waals surface area contributed by atoms with E-state index in [1.807, 2.05) is 25.1 Å². The van der Waals surface area contributed by atoms with Gasteiger partial charge in [0.2, 0.25) is 5.91 Å². The Morgan fingerprint density at radius 3 is 2.87 bits per heavy atom. The molecule has 1 aliphatic heterocycles. The van der Waals surface area contributed by atoms with E-state index in [2.05, 4.69) is 32.2 Å². The lowest BCUT2D eigenvalue weighted by molar-refractivity contribution is -0.117. The van der Waals surface area contributed by atoms with Gasteiger partial charge in [-0.05, 0) is 49.6 Å². The summed E-state index contributed by atoms with van der Waals surface area (Å²) in [6, 6.07) is 12.4. The lowest BCUT2D eigenvalue weighted by Gasteiger charge is -2.35. The molecule has 1 atom stereocenters. The summed E-state index contributed by atoms with van der Waals surface area (Å²) in [7, 11) is 0. The molecule has 0 aromatic heterocycles. The predicted molar refractivity (Wildman–Crippen MR) is 94.3 cm³/mol. The summed E-state index contributed by atoms with van der Waals surface area (Å²) in [5.41, 5.74) is 2.56. The largest absolute Gasteiger partial charge is 0.360 e. The second-order valence-electron chi connectivity index (χ2n) is 5.72. The van der Waals surface area contributed by atoms with Gasteiger partial charge in [-0.2, -0.15) is 0 Å². The van der Waals surface area contributed by atoms with Crippen molar-refractivity contribution >= 4 is 33.2 Å². The summed E-state index contributed by atoms with van der Waals surface area (Å²) in [6.07, 6.45) is 2.05. The molecule has 1 N–H and O–H groups in total. The standard InChI is InChI=1S/C18H18BrFN2O/c1-12(18(23)21-16-9-8-14(19)11-15(16)20)22-10-4-6-13-5-2-3-7-17(13)22/h2-3,5,7-9,11-12H,4,6,10H2,1H3,(H,21,23). The van der Waals surface area contributed by atoms with Gasteiger partial charge in [0.25, 0.3) is 0 Å². The van der Waals surface area contributed by atoms with Gasteiger partial charge in [0, 0.05) is 16.7 Å². The van der Waals surface area contributed by atoms with Gasteiger partial charge in [-0.1, -0.05) is 34.1 Å². The molecule has 2 aromatic rings. The van der Waals surface area contributed by atoms with Crippen LogP contribution in [0, 0.1) is 5.82 Å². The summed E-state index contributed by atoms with van der Waals surface area (Å²) in [6.45, 7) is 2.68. The van der Waals surface area contributed by atoms with Crippen molar-refractivity contribution in [3.8, 4) is 0 Å².